The Hall–Kier alpha value is -2.93. The molecule has 0 aliphatic carbocycles. The van der Waals surface area contributed by atoms with Gasteiger partial charge in [-0.25, -0.2) is 8.42 Å². The normalized spacial score (nSPS) is 13.5. The van der Waals surface area contributed by atoms with E-state index in [1.54, 1.807) is 30.3 Å². The summed E-state index contributed by atoms with van der Waals surface area (Å²) < 4.78 is 27.1. The van der Waals surface area contributed by atoms with Gasteiger partial charge in [0, 0.05) is 12.2 Å². The first-order valence-electron chi connectivity index (χ1n) is 7.90. The van der Waals surface area contributed by atoms with Crippen LogP contribution in [0.15, 0.2) is 71.6 Å². The van der Waals surface area contributed by atoms with Gasteiger partial charge in [-0.2, -0.15) is 0 Å². The highest BCUT2D eigenvalue weighted by Crippen LogP contribution is 2.32. The first kappa shape index (κ1) is 15.6. The zero-order valence-electron chi connectivity index (χ0n) is 13.3. The third kappa shape index (κ3) is 3.06. The molecule has 0 atom stereocenters. The van der Waals surface area contributed by atoms with E-state index in [1.807, 2.05) is 12.1 Å². The lowest BCUT2D eigenvalue weighted by atomic mass is 10.2. The minimum Gasteiger partial charge on any atom is -0.324 e. The average molecular weight is 352 g/mol. The van der Waals surface area contributed by atoms with E-state index in [4.69, 9.17) is 0 Å². The fourth-order valence-corrected chi connectivity index (χ4v) is 3.91. The molecule has 0 unspecified atom stereocenters. The molecule has 7 heteroatoms. The molecule has 126 valence electrons. The molecule has 0 radical (unpaired) electrons. The van der Waals surface area contributed by atoms with Crippen molar-refractivity contribution in [3.63, 3.8) is 0 Å². The van der Waals surface area contributed by atoms with E-state index in [0.29, 0.717) is 5.82 Å². The molecular formula is C18H16N4O2S. The van der Waals surface area contributed by atoms with Crippen LogP contribution < -0.4 is 9.62 Å². The summed E-state index contributed by atoms with van der Waals surface area (Å²) >= 11 is 0. The number of nitrogens with one attached hydrogen (secondary N) is 1. The molecule has 2 heterocycles. The zero-order valence-corrected chi connectivity index (χ0v) is 14.1. The number of aromatic nitrogens is 2. The number of sulfonamides is 1. The summed E-state index contributed by atoms with van der Waals surface area (Å²) in [5.41, 5.74) is 2.40. The highest BCUT2D eigenvalue weighted by Gasteiger charge is 2.21. The van der Waals surface area contributed by atoms with E-state index in [-0.39, 0.29) is 10.7 Å². The number of fused-ring (bicyclic) bond motifs is 1. The van der Waals surface area contributed by atoms with E-state index in [1.165, 1.54) is 17.7 Å². The summed E-state index contributed by atoms with van der Waals surface area (Å²) in [6, 6.07) is 19.8. The molecule has 6 nitrogen and oxygen atoms in total. The molecule has 4 rings (SSSR count). The van der Waals surface area contributed by atoms with Crippen LogP contribution in [0.25, 0.3) is 0 Å². The second kappa shape index (κ2) is 6.18. The van der Waals surface area contributed by atoms with Crippen LogP contribution >= 0.6 is 0 Å². The Morgan fingerprint density at radius 2 is 1.64 bits per heavy atom. The Labute approximate surface area is 146 Å². The summed E-state index contributed by atoms with van der Waals surface area (Å²) in [5.74, 6) is 0.896. The molecule has 3 aromatic rings. The van der Waals surface area contributed by atoms with Gasteiger partial charge in [0.1, 0.15) is 0 Å². The van der Waals surface area contributed by atoms with Gasteiger partial charge in [-0.05, 0) is 42.3 Å². The SMILES string of the molecule is O=S(=O)(Nc1ccc(N2CCc3ccccc32)nn1)c1ccccc1. The summed E-state index contributed by atoms with van der Waals surface area (Å²) in [6.45, 7) is 0.836. The minimum absolute atomic E-state index is 0.189. The van der Waals surface area contributed by atoms with Crippen molar-refractivity contribution < 1.29 is 8.42 Å². The van der Waals surface area contributed by atoms with Gasteiger partial charge in [0.2, 0.25) is 0 Å². The van der Waals surface area contributed by atoms with Crippen molar-refractivity contribution in [2.45, 2.75) is 11.3 Å². The molecule has 25 heavy (non-hydrogen) atoms. The smallest absolute Gasteiger partial charge is 0.263 e. The van der Waals surface area contributed by atoms with Crippen molar-refractivity contribution in [3.05, 3.63) is 72.3 Å². The predicted molar refractivity (Wildman–Crippen MR) is 96.4 cm³/mol. The van der Waals surface area contributed by atoms with Crippen molar-refractivity contribution in [1.82, 2.24) is 10.2 Å². The van der Waals surface area contributed by atoms with Crippen molar-refractivity contribution in [2.24, 2.45) is 0 Å². The highest BCUT2D eigenvalue weighted by molar-refractivity contribution is 7.92. The maximum Gasteiger partial charge on any atom is 0.263 e. The third-order valence-electron chi connectivity index (χ3n) is 4.11. The van der Waals surface area contributed by atoms with Crippen molar-refractivity contribution in [2.75, 3.05) is 16.2 Å². The molecular weight excluding hydrogens is 336 g/mol. The van der Waals surface area contributed by atoms with Gasteiger partial charge in [0.05, 0.1) is 4.90 Å². The van der Waals surface area contributed by atoms with Crippen LogP contribution in [0.4, 0.5) is 17.3 Å². The van der Waals surface area contributed by atoms with Gasteiger partial charge in [0.25, 0.3) is 10.0 Å². The molecule has 0 fully saturated rings. The van der Waals surface area contributed by atoms with Crippen LogP contribution in [-0.4, -0.2) is 25.2 Å². The Morgan fingerprint density at radius 3 is 2.40 bits per heavy atom. The third-order valence-corrected chi connectivity index (χ3v) is 5.48. The number of rotatable bonds is 4. The lowest BCUT2D eigenvalue weighted by Gasteiger charge is -2.17. The number of hydrogen-bond donors (Lipinski definition) is 1. The van der Waals surface area contributed by atoms with E-state index < -0.39 is 10.0 Å². The van der Waals surface area contributed by atoms with E-state index in [2.05, 4.69) is 32.0 Å². The number of anilines is 3. The monoisotopic (exact) mass is 352 g/mol. The van der Waals surface area contributed by atoms with Gasteiger partial charge < -0.3 is 4.90 Å². The molecule has 0 spiro atoms. The van der Waals surface area contributed by atoms with Gasteiger partial charge in [-0.1, -0.05) is 36.4 Å². The molecule has 0 saturated heterocycles. The molecule has 0 bridgehead atoms. The maximum atomic E-state index is 12.3. The highest BCUT2D eigenvalue weighted by atomic mass is 32.2. The topological polar surface area (TPSA) is 75.2 Å². The second-order valence-electron chi connectivity index (χ2n) is 5.73. The fraction of sp³-hybridized carbons (Fsp3) is 0.111. The molecule has 1 aromatic heterocycles. The van der Waals surface area contributed by atoms with Crippen LogP contribution in [0.5, 0.6) is 0 Å². The standard InChI is InChI=1S/C18H16N4O2S/c23-25(24,15-7-2-1-3-8-15)21-17-10-11-18(20-19-17)22-13-12-14-6-4-5-9-16(14)22/h1-11H,12-13H2,(H,19,21). The lowest BCUT2D eigenvalue weighted by Crippen LogP contribution is -2.17. The van der Waals surface area contributed by atoms with E-state index >= 15 is 0 Å². The minimum atomic E-state index is -3.66. The Kier molecular flexibility index (Phi) is 3.85. The van der Waals surface area contributed by atoms with Crippen molar-refractivity contribution in [1.29, 1.82) is 0 Å². The summed E-state index contributed by atoms with van der Waals surface area (Å²) in [7, 11) is -3.66. The first-order chi connectivity index (χ1) is 12.1. The molecule has 1 aliphatic rings. The van der Waals surface area contributed by atoms with Crippen LogP contribution in [0.1, 0.15) is 5.56 Å². The van der Waals surface area contributed by atoms with E-state index in [0.717, 1.165) is 18.7 Å². The summed E-state index contributed by atoms with van der Waals surface area (Å²) in [6.07, 6.45) is 0.959. The number of benzene rings is 2. The number of nitrogens with zero attached hydrogens (tertiary/aromatic N) is 3. The van der Waals surface area contributed by atoms with Gasteiger partial charge in [-0.3, -0.25) is 4.72 Å². The predicted octanol–water partition coefficient (Wildman–Crippen LogP) is 2.97. The zero-order chi connectivity index (χ0) is 17.3. The fourth-order valence-electron chi connectivity index (χ4n) is 2.90. The molecule has 0 amide bonds. The lowest BCUT2D eigenvalue weighted by molar-refractivity contribution is 0.601. The van der Waals surface area contributed by atoms with Gasteiger partial charge in [-0.15, -0.1) is 10.2 Å². The quantitative estimate of drug-likeness (QED) is 0.781. The first-order valence-corrected chi connectivity index (χ1v) is 9.39. The van der Waals surface area contributed by atoms with Crippen LogP contribution in [0, 0.1) is 0 Å². The van der Waals surface area contributed by atoms with Crippen LogP contribution in [-0.2, 0) is 16.4 Å². The van der Waals surface area contributed by atoms with Crippen molar-refractivity contribution in [3.8, 4) is 0 Å². The molecule has 2 aromatic carbocycles. The van der Waals surface area contributed by atoms with E-state index in [9.17, 15) is 8.42 Å². The largest absolute Gasteiger partial charge is 0.324 e. The Bertz CT molecular complexity index is 989. The molecule has 1 N–H and O–H groups in total. The summed E-state index contributed by atoms with van der Waals surface area (Å²) in [5, 5.41) is 8.21. The maximum absolute atomic E-state index is 12.3. The molecule has 1 aliphatic heterocycles. The Balaban J connectivity index is 1.56. The van der Waals surface area contributed by atoms with Crippen LogP contribution in [0.3, 0.4) is 0 Å². The Morgan fingerprint density at radius 1 is 0.880 bits per heavy atom. The average Bonchev–Trinajstić information content (AvgIpc) is 3.07. The van der Waals surface area contributed by atoms with Gasteiger partial charge >= 0.3 is 0 Å². The van der Waals surface area contributed by atoms with Crippen LogP contribution in [0.2, 0.25) is 0 Å². The summed E-state index contributed by atoms with van der Waals surface area (Å²) in [4.78, 5) is 2.27. The molecule has 0 saturated carbocycles. The number of hydrogen-bond acceptors (Lipinski definition) is 5. The van der Waals surface area contributed by atoms with Crippen molar-refractivity contribution >= 4 is 27.3 Å². The van der Waals surface area contributed by atoms with Gasteiger partial charge in [0.15, 0.2) is 11.6 Å². The number of para-hydroxylation sites is 1. The second-order valence-corrected chi connectivity index (χ2v) is 7.41.